The molecule has 1 N–H and O–H groups in total. The lowest BCUT2D eigenvalue weighted by molar-refractivity contribution is -0.157. The molecule has 2 aliphatic rings. The third-order valence-electron chi connectivity index (χ3n) is 6.08. The number of nitrogens with zero attached hydrogens (tertiary/aromatic N) is 1. The van der Waals surface area contributed by atoms with Gasteiger partial charge in [-0.1, -0.05) is 39.3 Å². The van der Waals surface area contributed by atoms with Crippen LogP contribution in [0.1, 0.15) is 58.2 Å². The van der Waals surface area contributed by atoms with Crippen molar-refractivity contribution in [3.63, 3.8) is 0 Å². The number of aromatic amines is 1. The zero-order valence-electron chi connectivity index (χ0n) is 15.4. The number of imidazole rings is 1. The van der Waals surface area contributed by atoms with E-state index in [0.29, 0.717) is 17.8 Å². The van der Waals surface area contributed by atoms with Gasteiger partial charge >= 0.3 is 5.97 Å². The van der Waals surface area contributed by atoms with Crippen molar-refractivity contribution in [1.82, 2.24) is 9.97 Å². The van der Waals surface area contributed by atoms with Gasteiger partial charge in [-0.3, -0.25) is 4.79 Å². The van der Waals surface area contributed by atoms with Crippen LogP contribution >= 0.6 is 0 Å². The van der Waals surface area contributed by atoms with E-state index in [2.05, 4.69) is 30.7 Å². The molecule has 0 spiro atoms. The minimum Gasteiger partial charge on any atom is -0.462 e. The van der Waals surface area contributed by atoms with Crippen LogP contribution in [0.5, 0.6) is 0 Å². The highest BCUT2D eigenvalue weighted by atomic mass is 16.5. The van der Waals surface area contributed by atoms with Crippen LogP contribution in [0.3, 0.4) is 0 Å². The first-order chi connectivity index (χ1) is 12.0. The summed E-state index contributed by atoms with van der Waals surface area (Å²) < 4.78 is 6.00. The van der Waals surface area contributed by atoms with Gasteiger partial charge in [0.1, 0.15) is 11.9 Å². The molecule has 0 unspecified atom stereocenters. The van der Waals surface area contributed by atoms with Gasteiger partial charge in [-0.15, -0.1) is 0 Å². The summed E-state index contributed by atoms with van der Waals surface area (Å²) in [5, 5.41) is 0. The molecule has 4 rings (SSSR count). The molecule has 2 aromatic rings. The number of ether oxygens (including phenoxy) is 1. The fourth-order valence-electron chi connectivity index (χ4n) is 4.39. The highest BCUT2D eigenvalue weighted by Crippen LogP contribution is 2.48. The van der Waals surface area contributed by atoms with Crippen molar-refractivity contribution in [3.8, 4) is 0 Å². The maximum atomic E-state index is 12.7. The Hall–Kier alpha value is -1.84. The molecule has 0 bridgehead atoms. The fourth-order valence-corrected chi connectivity index (χ4v) is 4.39. The van der Waals surface area contributed by atoms with E-state index in [-0.39, 0.29) is 23.9 Å². The summed E-state index contributed by atoms with van der Waals surface area (Å²) in [6.07, 6.45) is 4.38. The second-order valence-electron chi connectivity index (χ2n) is 8.39. The van der Waals surface area contributed by atoms with Gasteiger partial charge in [-0.05, 0) is 49.1 Å². The zero-order valence-corrected chi connectivity index (χ0v) is 15.4. The predicted molar refractivity (Wildman–Crippen MR) is 98.2 cm³/mol. The van der Waals surface area contributed by atoms with Crippen molar-refractivity contribution in [2.45, 2.75) is 58.5 Å². The van der Waals surface area contributed by atoms with Crippen molar-refractivity contribution in [2.24, 2.45) is 23.7 Å². The number of para-hydroxylation sites is 2. The van der Waals surface area contributed by atoms with Crippen LogP contribution in [-0.2, 0) is 9.53 Å². The monoisotopic (exact) mass is 340 g/mol. The molecule has 0 radical (unpaired) electrons. The topological polar surface area (TPSA) is 55.0 Å². The number of carbonyl (C=O) groups is 1. The van der Waals surface area contributed by atoms with Gasteiger partial charge < -0.3 is 9.72 Å². The summed E-state index contributed by atoms with van der Waals surface area (Å²) in [6, 6.07) is 8.01. The Balaban J connectivity index is 1.42. The Kier molecular flexibility index (Phi) is 4.30. The minimum absolute atomic E-state index is 0.0183. The molecule has 0 aliphatic heterocycles. The van der Waals surface area contributed by atoms with Gasteiger partial charge in [0.2, 0.25) is 0 Å². The van der Waals surface area contributed by atoms with Crippen LogP contribution in [0.25, 0.3) is 11.0 Å². The Labute approximate surface area is 149 Å². The summed E-state index contributed by atoms with van der Waals surface area (Å²) >= 11 is 0. The highest BCUT2D eigenvalue weighted by Gasteiger charge is 2.48. The number of fused-ring (bicyclic) bond motifs is 1. The van der Waals surface area contributed by atoms with Gasteiger partial charge in [-0.25, -0.2) is 4.98 Å². The average Bonchev–Trinajstić information content (AvgIpc) is 3.26. The van der Waals surface area contributed by atoms with E-state index in [1.807, 2.05) is 24.3 Å². The van der Waals surface area contributed by atoms with Crippen LogP contribution in [0.15, 0.2) is 24.3 Å². The maximum Gasteiger partial charge on any atom is 0.309 e. The zero-order chi connectivity index (χ0) is 17.6. The molecule has 134 valence electrons. The minimum atomic E-state index is -0.0226. The molecule has 4 nitrogen and oxygen atoms in total. The van der Waals surface area contributed by atoms with Gasteiger partial charge in [0.05, 0.1) is 17.0 Å². The molecule has 5 atom stereocenters. The van der Waals surface area contributed by atoms with E-state index < -0.39 is 0 Å². The van der Waals surface area contributed by atoms with E-state index in [0.717, 1.165) is 29.7 Å². The largest absolute Gasteiger partial charge is 0.462 e. The molecule has 1 heterocycles. The number of hydrogen-bond acceptors (Lipinski definition) is 3. The summed E-state index contributed by atoms with van der Waals surface area (Å²) in [5.41, 5.74) is 2.01. The highest BCUT2D eigenvalue weighted by molar-refractivity contribution is 5.79. The first-order valence-electron chi connectivity index (χ1n) is 9.68. The lowest BCUT2D eigenvalue weighted by atomic mass is 9.75. The number of aromatic nitrogens is 2. The number of nitrogens with one attached hydrogen (secondary N) is 1. The SMILES string of the molecule is CC(C)[C@@H]1CC[C@@H](C)C[C@H]1OC(=O)[C@H]1C[C@@H]1c1nc2ccccc2[nH]1. The molecule has 1 aromatic carbocycles. The number of benzene rings is 1. The maximum absolute atomic E-state index is 12.7. The molecular formula is C21H28N2O2. The fraction of sp³-hybridized carbons (Fsp3) is 0.619. The Morgan fingerprint density at radius 3 is 2.80 bits per heavy atom. The van der Waals surface area contributed by atoms with Gasteiger partial charge in [-0.2, -0.15) is 0 Å². The first-order valence-corrected chi connectivity index (χ1v) is 9.68. The van der Waals surface area contributed by atoms with E-state index in [9.17, 15) is 4.79 Å². The third kappa shape index (κ3) is 3.31. The van der Waals surface area contributed by atoms with E-state index >= 15 is 0 Å². The van der Waals surface area contributed by atoms with E-state index in [1.165, 1.54) is 12.8 Å². The lowest BCUT2D eigenvalue weighted by Gasteiger charge is -2.36. The molecule has 0 saturated heterocycles. The molecule has 2 fully saturated rings. The molecule has 2 aliphatic carbocycles. The first kappa shape index (κ1) is 16.6. The Morgan fingerprint density at radius 1 is 1.24 bits per heavy atom. The Bertz CT molecular complexity index is 733. The quantitative estimate of drug-likeness (QED) is 0.823. The van der Waals surface area contributed by atoms with E-state index in [4.69, 9.17) is 4.74 Å². The third-order valence-corrected chi connectivity index (χ3v) is 6.08. The van der Waals surface area contributed by atoms with Crippen LogP contribution in [0.4, 0.5) is 0 Å². The summed E-state index contributed by atoms with van der Waals surface area (Å²) in [6.45, 7) is 6.76. The molecule has 2 saturated carbocycles. The second-order valence-corrected chi connectivity index (χ2v) is 8.39. The molecule has 4 heteroatoms. The van der Waals surface area contributed by atoms with Gasteiger partial charge in [0, 0.05) is 5.92 Å². The van der Waals surface area contributed by atoms with Crippen LogP contribution < -0.4 is 0 Å². The average molecular weight is 340 g/mol. The summed E-state index contributed by atoms with van der Waals surface area (Å²) in [4.78, 5) is 20.7. The number of hydrogen-bond donors (Lipinski definition) is 1. The lowest BCUT2D eigenvalue weighted by Crippen LogP contribution is -2.36. The van der Waals surface area contributed by atoms with Gasteiger partial charge in [0.15, 0.2) is 0 Å². The predicted octanol–water partition coefficient (Wildman–Crippen LogP) is 4.67. The second kappa shape index (κ2) is 6.47. The number of H-pyrrole nitrogens is 1. The number of carbonyl (C=O) groups excluding carboxylic acids is 1. The standard InChI is InChI=1S/C21H28N2O2/c1-12(2)14-9-8-13(3)10-19(14)25-21(24)16-11-15(16)20-22-17-6-4-5-7-18(17)23-20/h4-7,12-16,19H,8-11H2,1-3H3,(H,22,23)/t13-,14+,15+,16+,19-/m1/s1. The molecule has 1 aromatic heterocycles. The molecule has 0 amide bonds. The van der Waals surface area contributed by atoms with Crippen molar-refractivity contribution >= 4 is 17.0 Å². The smallest absolute Gasteiger partial charge is 0.309 e. The van der Waals surface area contributed by atoms with E-state index in [1.54, 1.807) is 0 Å². The van der Waals surface area contributed by atoms with Crippen LogP contribution in [-0.4, -0.2) is 22.0 Å². The normalized spacial score (nSPS) is 32.1. The van der Waals surface area contributed by atoms with Crippen molar-refractivity contribution < 1.29 is 9.53 Å². The van der Waals surface area contributed by atoms with Crippen molar-refractivity contribution in [1.29, 1.82) is 0 Å². The van der Waals surface area contributed by atoms with Crippen LogP contribution in [0, 0.1) is 23.7 Å². The van der Waals surface area contributed by atoms with Crippen molar-refractivity contribution in [3.05, 3.63) is 30.1 Å². The molecule has 25 heavy (non-hydrogen) atoms. The van der Waals surface area contributed by atoms with Crippen molar-refractivity contribution in [2.75, 3.05) is 0 Å². The molecular weight excluding hydrogens is 312 g/mol. The number of rotatable bonds is 4. The summed E-state index contributed by atoms with van der Waals surface area (Å²) in [5.74, 6) is 2.80. The van der Waals surface area contributed by atoms with Gasteiger partial charge in [0.25, 0.3) is 0 Å². The van der Waals surface area contributed by atoms with Crippen LogP contribution in [0.2, 0.25) is 0 Å². The summed E-state index contributed by atoms with van der Waals surface area (Å²) in [7, 11) is 0. The number of esters is 1. The Morgan fingerprint density at radius 2 is 2.04 bits per heavy atom.